The van der Waals surface area contributed by atoms with Gasteiger partial charge in [0.1, 0.15) is 6.61 Å². The van der Waals surface area contributed by atoms with Crippen molar-refractivity contribution in [3.63, 3.8) is 0 Å². The molecule has 0 aliphatic heterocycles. The minimum Gasteiger partial charge on any atom is -0.370 e. The van der Waals surface area contributed by atoms with E-state index in [1.54, 1.807) is 0 Å². The summed E-state index contributed by atoms with van der Waals surface area (Å²) in [7, 11) is 0. The summed E-state index contributed by atoms with van der Waals surface area (Å²) in [4.78, 5) is 11.5. The molecule has 0 aliphatic rings. The molecule has 4 nitrogen and oxygen atoms in total. The molecule has 96 valence electrons. The minimum atomic E-state index is -0.142. The van der Waals surface area contributed by atoms with Crippen LogP contribution in [0.5, 0.6) is 0 Å². The lowest BCUT2D eigenvalue weighted by molar-refractivity contribution is -0.127. The Kier molecular flexibility index (Phi) is 7.34. The van der Waals surface area contributed by atoms with Gasteiger partial charge in [-0.3, -0.25) is 4.79 Å². The molecule has 0 aromatic heterocycles. The summed E-state index contributed by atoms with van der Waals surface area (Å²) in [6, 6.07) is 0.455. The lowest BCUT2D eigenvalue weighted by Gasteiger charge is -2.24. The second kappa shape index (κ2) is 7.63. The first kappa shape index (κ1) is 15.4. The fraction of sp³-hybridized carbons (Fsp3) is 0.917. The zero-order chi connectivity index (χ0) is 12.6. The van der Waals surface area contributed by atoms with Crippen LogP contribution in [0.3, 0.4) is 0 Å². The Morgan fingerprint density at radius 2 is 2.00 bits per heavy atom. The maximum atomic E-state index is 11.5. The third-order valence-corrected chi connectivity index (χ3v) is 2.39. The SMILES string of the molecule is CCC(C)(C)NC(=O)COCCNC(C)C. The van der Waals surface area contributed by atoms with Crippen LogP contribution in [0.1, 0.15) is 41.0 Å². The van der Waals surface area contributed by atoms with Crippen molar-refractivity contribution in [3.05, 3.63) is 0 Å². The molecule has 0 bridgehead atoms. The maximum Gasteiger partial charge on any atom is 0.246 e. The van der Waals surface area contributed by atoms with E-state index in [1.165, 1.54) is 0 Å². The lowest BCUT2D eigenvalue weighted by atomic mass is 10.0. The smallest absolute Gasteiger partial charge is 0.246 e. The summed E-state index contributed by atoms with van der Waals surface area (Å²) in [6.45, 7) is 11.7. The first-order chi connectivity index (χ1) is 7.37. The molecule has 0 radical (unpaired) electrons. The molecule has 2 N–H and O–H groups in total. The number of carbonyl (C=O) groups is 1. The van der Waals surface area contributed by atoms with Gasteiger partial charge in [-0.2, -0.15) is 0 Å². The predicted molar refractivity (Wildman–Crippen MR) is 66.5 cm³/mol. The quantitative estimate of drug-likeness (QED) is 0.618. The van der Waals surface area contributed by atoms with Gasteiger partial charge in [0.2, 0.25) is 5.91 Å². The third-order valence-electron chi connectivity index (χ3n) is 2.39. The molecule has 0 aromatic carbocycles. The first-order valence-corrected chi connectivity index (χ1v) is 5.99. The van der Waals surface area contributed by atoms with Gasteiger partial charge in [-0.05, 0) is 20.3 Å². The molecule has 0 rings (SSSR count). The molecular weight excluding hydrogens is 204 g/mol. The fourth-order valence-corrected chi connectivity index (χ4v) is 1.09. The van der Waals surface area contributed by atoms with Crippen LogP contribution in [0, 0.1) is 0 Å². The van der Waals surface area contributed by atoms with Crippen LogP contribution in [-0.2, 0) is 9.53 Å². The van der Waals surface area contributed by atoms with Gasteiger partial charge >= 0.3 is 0 Å². The van der Waals surface area contributed by atoms with Crippen molar-refractivity contribution >= 4 is 5.91 Å². The molecular formula is C12H26N2O2. The topological polar surface area (TPSA) is 50.4 Å². The Balaban J connectivity index is 3.52. The molecule has 1 amide bonds. The molecule has 0 aromatic rings. The van der Waals surface area contributed by atoms with Gasteiger partial charge in [-0.1, -0.05) is 20.8 Å². The zero-order valence-corrected chi connectivity index (χ0v) is 11.2. The van der Waals surface area contributed by atoms with Gasteiger partial charge < -0.3 is 15.4 Å². The average Bonchev–Trinajstić information content (AvgIpc) is 2.16. The minimum absolute atomic E-state index is 0.0450. The first-order valence-electron chi connectivity index (χ1n) is 5.99. The summed E-state index contributed by atoms with van der Waals surface area (Å²) >= 11 is 0. The van der Waals surface area contributed by atoms with Crippen LogP contribution in [0.2, 0.25) is 0 Å². The highest BCUT2D eigenvalue weighted by Gasteiger charge is 2.17. The van der Waals surface area contributed by atoms with Gasteiger partial charge in [-0.25, -0.2) is 0 Å². The van der Waals surface area contributed by atoms with Crippen LogP contribution in [0.15, 0.2) is 0 Å². The van der Waals surface area contributed by atoms with Gasteiger partial charge in [0, 0.05) is 18.1 Å². The Morgan fingerprint density at radius 3 is 2.50 bits per heavy atom. The normalized spacial score (nSPS) is 11.9. The molecule has 0 unspecified atom stereocenters. The number of ether oxygens (including phenoxy) is 1. The predicted octanol–water partition coefficient (Wildman–Crippen LogP) is 1.31. The van der Waals surface area contributed by atoms with E-state index in [0.717, 1.165) is 13.0 Å². The van der Waals surface area contributed by atoms with E-state index in [0.29, 0.717) is 12.6 Å². The Hall–Kier alpha value is -0.610. The van der Waals surface area contributed by atoms with Crippen molar-refractivity contribution in [2.75, 3.05) is 19.8 Å². The number of rotatable bonds is 8. The van der Waals surface area contributed by atoms with Gasteiger partial charge in [-0.15, -0.1) is 0 Å². The molecule has 4 heteroatoms. The summed E-state index contributed by atoms with van der Waals surface area (Å²) in [6.07, 6.45) is 0.910. The molecule has 0 heterocycles. The molecule has 0 spiro atoms. The molecule has 16 heavy (non-hydrogen) atoms. The monoisotopic (exact) mass is 230 g/mol. The van der Waals surface area contributed by atoms with Crippen LogP contribution in [-0.4, -0.2) is 37.2 Å². The highest BCUT2D eigenvalue weighted by atomic mass is 16.5. The number of carbonyl (C=O) groups excluding carboxylic acids is 1. The van der Waals surface area contributed by atoms with Crippen molar-refractivity contribution in [2.45, 2.75) is 52.6 Å². The van der Waals surface area contributed by atoms with E-state index in [4.69, 9.17) is 4.74 Å². The van der Waals surface area contributed by atoms with E-state index < -0.39 is 0 Å². The number of hydrogen-bond donors (Lipinski definition) is 2. The van der Waals surface area contributed by atoms with Crippen molar-refractivity contribution in [1.82, 2.24) is 10.6 Å². The average molecular weight is 230 g/mol. The second-order valence-electron chi connectivity index (χ2n) is 4.95. The number of hydrogen-bond acceptors (Lipinski definition) is 3. The summed E-state index contributed by atoms with van der Waals surface area (Å²) in [5, 5.41) is 6.14. The highest BCUT2D eigenvalue weighted by molar-refractivity contribution is 5.77. The standard InChI is InChI=1S/C12H26N2O2/c1-6-12(4,5)14-11(15)9-16-8-7-13-10(2)3/h10,13H,6-9H2,1-5H3,(H,14,15). The Bertz CT molecular complexity index is 203. The van der Waals surface area contributed by atoms with Crippen molar-refractivity contribution in [2.24, 2.45) is 0 Å². The number of nitrogens with one attached hydrogen (secondary N) is 2. The largest absolute Gasteiger partial charge is 0.370 e. The molecule has 0 fully saturated rings. The van der Waals surface area contributed by atoms with E-state index >= 15 is 0 Å². The van der Waals surface area contributed by atoms with E-state index in [9.17, 15) is 4.79 Å². The molecule has 0 saturated carbocycles. The Labute approximate surface area is 99.1 Å². The number of amides is 1. The molecule has 0 aliphatic carbocycles. The van der Waals surface area contributed by atoms with E-state index in [2.05, 4.69) is 24.5 Å². The van der Waals surface area contributed by atoms with E-state index in [-0.39, 0.29) is 18.1 Å². The van der Waals surface area contributed by atoms with Gasteiger partial charge in [0.25, 0.3) is 0 Å². The lowest BCUT2D eigenvalue weighted by Crippen LogP contribution is -2.44. The van der Waals surface area contributed by atoms with E-state index in [1.807, 2.05) is 20.8 Å². The fourth-order valence-electron chi connectivity index (χ4n) is 1.09. The van der Waals surface area contributed by atoms with Crippen molar-refractivity contribution < 1.29 is 9.53 Å². The molecule has 0 saturated heterocycles. The second-order valence-corrected chi connectivity index (χ2v) is 4.95. The highest BCUT2D eigenvalue weighted by Crippen LogP contribution is 2.05. The van der Waals surface area contributed by atoms with Crippen LogP contribution in [0.25, 0.3) is 0 Å². The van der Waals surface area contributed by atoms with Crippen molar-refractivity contribution in [3.8, 4) is 0 Å². The van der Waals surface area contributed by atoms with Crippen LogP contribution >= 0.6 is 0 Å². The summed E-state index contributed by atoms with van der Waals surface area (Å²) in [5.74, 6) is -0.0450. The van der Waals surface area contributed by atoms with Gasteiger partial charge in [0.05, 0.1) is 6.61 Å². The summed E-state index contributed by atoms with van der Waals surface area (Å²) < 4.78 is 5.26. The molecule has 0 atom stereocenters. The summed E-state index contributed by atoms with van der Waals surface area (Å²) in [5.41, 5.74) is -0.142. The van der Waals surface area contributed by atoms with Crippen molar-refractivity contribution in [1.29, 1.82) is 0 Å². The van der Waals surface area contributed by atoms with Crippen LogP contribution < -0.4 is 10.6 Å². The Morgan fingerprint density at radius 1 is 1.38 bits per heavy atom. The zero-order valence-electron chi connectivity index (χ0n) is 11.2. The van der Waals surface area contributed by atoms with Gasteiger partial charge in [0.15, 0.2) is 0 Å². The third kappa shape index (κ3) is 8.68. The van der Waals surface area contributed by atoms with Crippen LogP contribution in [0.4, 0.5) is 0 Å². The maximum absolute atomic E-state index is 11.5.